The highest BCUT2D eigenvalue weighted by Crippen LogP contribution is 2.44. The van der Waals surface area contributed by atoms with Crippen molar-refractivity contribution in [3.05, 3.63) is 88.5 Å². The Kier molecular flexibility index (Phi) is 5.70. The molecule has 2 aromatic heterocycles. The average Bonchev–Trinajstić information content (AvgIpc) is 3.21. The lowest BCUT2D eigenvalue weighted by atomic mass is 10.0. The Morgan fingerprint density at radius 1 is 1.12 bits per heavy atom. The fourth-order valence-corrected chi connectivity index (χ4v) is 5.10. The summed E-state index contributed by atoms with van der Waals surface area (Å²) in [5, 5.41) is 10.6. The minimum atomic E-state index is -4.94. The van der Waals surface area contributed by atoms with Gasteiger partial charge in [-0.1, -0.05) is 30.5 Å². The van der Waals surface area contributed by atoms with Gasteiger partial charge in [-0.3, -0.25) is 0 Å². The van der Waals surface area contributed by atoms with Crippen molar-refractivity contribution >= 4 is 34.1 Å². The van der Waals surface area contributed by atoms with Gasteiger partial charge in [0.15, 0.2) is 4.34 Å². The van der Waals surface area contributed by atoms with E-state index in [1.807, 2.05) is 0 Å². The molecule has 0 aliphatic carbocycles. The van der Waals surface area contributed by atoms with Gasteiger partial charge in [-0.2, -0.15) is 13.2 Å². The third-order valence-corrected chi connectivity index (χ3v) is 6.85. The van der Waals surface area contributed by atoms with Crippen LogP contribution in [0.5, 0.6) is 0 Å². The van der Waals surface area contributed by atoms with Crippen LogP contribution in [0.15, 0.2) is 85.8 Å². The van der Waals surface area contributed by atoms with Gasteiger partial charge >= 0.3 is 11.8 Å². The SMILES string of the molecule is C=CC(O)(c1cnc(Sc2ccc3c(-c4ccc(F)cc4)cc(=O)oc3c2)s1)C(F)(F)F. The van der Waals surface area contributed by atoms with Crippen molar-refractivity contribution in [2.75, 3.05) is 0 Å². The fraction of sp³-hybridized carbons (Fsp3) is 0.0909. The molecule has 0 bridgehead atoms. The Bertz CT molecular complexity index is 1360. The number of alkyl halides is 3. The predicted molar refractivity (Wildman–Crippen MR) is 114 cm³/mol. The summed E-state index contributed by atoms with van der Waals surface area (Å²) in [4.78, 5) is 16.2. The molecule has 10 heteroatoms. The highest BCUT2D eigenvalue weighted by Gasteiger charge is 2.54. The lowest BCUT2D eigenvalue weighted by Crippen LogP contribution is -2.39. The van der Waals surface area contributed by atoms with E-state index < -0.39 is 28.1 Å². The van der Waals surface area contributed by atoms with Crippen LogP contribution in [-0.4, -0.2) is 16.3 Å². The maximum atomic E-state index is 13.2. The number of aromatic nitrogens is 1. The second-order valence-corrected chi connectivity index (χ2v) is 9.06. The minimum absolute atomic E-state index is 0.251. The number of hydrogen-bond acceptors (Lipinski definition) is 6. The Balaban J connectivity index is 1.69. The lowest BCUT2D eigenvalue weighted by molar-refractivity contribution is -0.243. The molecule has 0 aliphatic heterocycles. The number of hydrogen-bond donors (Lipinski definition) is 1. The molecule has 4 rings (SSSR count). The first-order valence-corrected chi connectivity index (χ1v) is 10.6. The first kappa shape index (κ1) is 22.3. The van der Waals surface area contributed by atoms with Crippen molar-refractivity contribution in [2.45, 2.75) is 21.0 Å². The Labute approximate surface area is 186 Å². The van der Waals surface area contributed by atoms with E-state index in [-0.39, 0.29) is 9.92 Å². The molecule has 32 heavy (non-hydrogen) atoms. The van der Waals surface area contributed by atoms with Crippen molar-refractivity contribution < 1.29 is 27.1 Å². The third kappa shape index (κ3) is 4.08. The molecular weight excluding hydrogens is 466 g/mol. The van der Waals surface area contributed by atoms with Gasteiger partial charge in [-0.25, -0.2) is 14.2 Å². The van der Waals surface area contributed by atoms with Gasteiger partial charge in [-0.05, 0) is 47.5 Å². The maximum absolute atomic E-state index is 13.2. The highest BCUT2D eigenvalue weighted by atomic mass is 32.2. The van der Waals surface area contributed by atoms with Crippen LogP contribution in [0.2, 0.25) is 0 Å². The fourth-order valence-electron chi connectivity index (χ4n) is 3.01. The number of nitrogens with zero attached hydrogens (tertiary/aromatic N) is 1. The van der Waals surface area contributed by atoms with Crippen LogP contribution in [0.25, 0.3) is 22.1 Å². The molecule has 4 aromatic rings. The summed E-state index contributed by atoms with van der Waals surface area (Å²) < 4.78 is 58.5. The summed E-state index contributed by atoms with van der Waals surface area (Å²) in [6, 6.07) is 11.9. The maximum Gasteiger partial charge on any atom is 0.426 e. The van der Waals surface area contributed by atoms with Crippen molar-refractivity contribution in [2.24, 2.45) is 0 Å². The van der Waals surface area contributed by atoms with Crippen molar-refractivity contribution in [3.63, 3.8) is 0 Å². The second-order valence-electron chi connectivity index (χ2n) is 6.70. The summed E-state index contributed by atoms with van der Waals surface area (Å²) in [6.07, 6.45) is -3.56. The van der Waals surface area contributed by atoms with Crippen LogP contribution in [0, 0.1) is 5.82 Å². The number of rotatable bonds is 5. The zero-order valence-corrected chi connectivity index (χ0v) is 17.7. The van der Waals surface area contributed by atoms with E-state index in [1.165, 1.54) is 18.2 Å². The smallest absolute Gasteiger partial charge is 0.423 e. The van der Waals surface area contributed by atoms with Gasteiger partial charge in [0.25, 0.3) is 0 Å². The second kappa shape index (κ2) is 8.19. The molecule has 2 heterocycles. The number of aliphatic hydroxyl groups is 1. The van der Waals surface area contributed by atoms with Crippen LogP contribution in [-0.2, 0) is 5.60 Å². The molecule has 0 aliphatic rings. The third-order valence-electron chi connectivity index (χ3n) is 4.66. The van der Waals surface area contributed by atoms with E-state index in [0.717, 1.165) is 18.0 Å². The predicted octanol–water partition coefficient (Wildman–Crippen LogP) is 6.14. The molecule has 0 spiro atoms. The topological polar surface area (TPSA) is 63.3 Å². The first-order chi connectivity index (χ1) is 15.1. The number of fused-ring (bicyclic) bond motifs is 1. The van der Waals surface area contributed by atoms with E-state index in [4.69, 9.17) is 4.42 Å². The molecule has 0 saturated carbocycles. The molecule has 2 aromatic carbocycles. The molecule has 1 atom stereocenters. The largest absolute Gasteiger partial charge is 0.426 e. The van der Waals surface area contributed by atoms with Crippen molar-refractivity contribution in [1.29, 1.82) is 0 Å². The summed E-state index contributed by atoms with van der Waals surface area (Å²) in [7, 11) is 0. The van der Waals surface area contributed by atoms with E-state index >= 15 is 0 Å². The standard InChI is InChI=1S/C22H13F4NO3S2/c1-2-21(29,22(24,25)26)18-11-27-20(32-18)31-14-7-8-15-16(10-19(28)30-17(15)9-14)12-3-5-13(23)6-4-12/h2-11,29H,1H2. The molecule has 1 N–H and O–H groups in total. The van der Waals surface area contributed by atoms with E-state index in [1.54, 1.807) is 30.3 Å². The van der Waals surface area contributed by atoms with Crippen molar-refractivity contribution in [1.82, 2.24) is 4.98 Å². The monoisotopic (exact) mass is 479 g/mol. The molecule has 0 radical (unpaired) electrons. The van der Waals surface area contributed by atoms with Crippen LogP contribution in [0.4, 0.5) is 17.6 Å². The van der Waals surface area contributed by atoms with Gasteiger partial charge in [0.1, 0.15) is 11.4 Å². The number of thiazole rings is 1. The lowest BCUT2D eigenvalue weighted by Gasteiger charge is -2.25. The Morgan fingerprint density at radius 2 is 1.84 bits per heavy atom. The molecule has 4 nitrogen and oxygen atoms in total. The van der Waals surface area contributed by atoms with Gasteiger partial charge in [0.2, 0.25) is 5.60 Å². The van der Waals surface area contributed by atoms with Gasteiger partial charge in [0.05, 0.1) is 4.88 Å². The summed E-state index contributed by atoms with van der Waals surface area (Å²) in [5.74, 6) is -0.406. The van der Waals surface area contributed by atoms with Crippen LogP contribution in [0.3, 0.4) is 0 Å². The first-order valence-electron chi connectivity index (χ1n) is 9.01. The number of halogens is 4. The molecule has 0 amide bonds. The average molecular weight is 479 g/mol. The van der Waals surface area contributed by atoms with Crippen molar-refractivity contribution in [3.8, 4) is 11.1 Å². The molecule has 0 fully saturated rings. The zero-order chi connectivity index (χ0) is 23.1. The Morgan fingerprint density at radius 3 is 2.50 bits per heavy atom. The molecule has 164 valence electrons. The molecular formula is C22H13F4NO3S2. The highest BCUT2D eigenvalue weighted by molar-refractivity contribution is 8.01. The quantitative estimate of drug-likeness (QED) is 0.212. The molecule has 0 saturated heterocycles. The number of benzene rings is 2. The van der Waals surface area contributed by atoms with E-state index in [9.17, 15) is 27.5 Å². The summed E-state index contributed by atoms with van der Waals surface area (Å²) >= 11 is 1.73. The van der Waals surface area contributed by atoms with Crippen LogP contribution in [0.1, 0.15) is 4.88 Å². The minimum Gasteiger partial charge on any atom is -0.423 e. The summed E-state index contributed by atoms with van der Waals surface area (Å²) in [6.45, 7) is 3.09. The summed E-state index contributed by atoms with van der Waals surface area (Å²) in [5.41, 5.74) is -2.34. The van der Waals surface area contributed by atoms with Crippen LogP contribution >= 0.6 is 23.1 Å². The van der Waals surface area contributed by atoms with Crippen LogP contribution < -0.4 is 5.63 Å². The van der Waals surface area contributed by atoms with Gasteiger partial charge in [-0.15, -0.1) is 11.3 Å². The zero-order valence-electron chi connectivity index (χ0n) is 16.0. The van der Waals surface area contributed by atoms with E-state index in [2.05, 4.69) is 11.6 Å². The van der Waals surface area contributed by atoms with Gasteiger partial charge in [0, 0.05) is 22.5 Å². The van der Waals surface area contributed by atoms with E-state index in [0.29, 0.717) is 38.8 Å². The van der Waals surface area contributed by atoms with Gasteiger partial charge < -0.3 is 9.52 Å². The molecule has 1 unspecified atom stereocenters. The Hall–Kier alpha value is -2.95. The normalized spacial score (nSPS) is 13.8.